The number of carbonyl (C=O) groups excluding carboxylic acids is 1. The fourth-order valence-corrected chi connectivity index (χ4v) is 1.49. The average Bonchev–Trinajstić information content (AvgIpc) is 2.25. The quantitative estimate of drug-likeness (QED) is 0.680. The van der Waals surface area contributed by atoms with Crippen molar-refractivity contribution in [3.8, 4) is 0 Å². The summed E-state index contributed by atoms with van der Waals surface area (Å²) in [6, 6.07) is 8.27. The molecule has 0 unspecified atom stereocenters. The van der Waals surface area contributed by atoms with E-state index >= 15 is 0 Å². The fourth-order valence-electron chi connectivity index (χ4n) is 1.49. The van der Waals surface area contributed by atoms with Crippen LogP contribution < -0.4 is 4.90 Å². The SMILES string of the molecule is Cc1ccc(N(CC=O)CCN(C)C)cc1. The average molecular weight is 220 g/mol. The summed E-state index contributed by atoms with van der Waals surface area (Å²) in [5, 5.41) is 0. The Labute approximate surface area is 97.7 Å². The van der Waals surface area contributed by atoms with Gasteiger partial charge in [0, 0.05) is 18.8 Å². The van der Waals surface area contributed by atoms with Gasteiger partial charge in [0.2, 0.25) is 0 Å². The van der Waals surface area contributed by atoms with E-state index in [2.05, 4.69) is 41.0 Å². The van der Waals surface area contributed by atoms with Gasteiger partial charge in [0.25, 0.3) is 0 Å². The smallest absolute Gasteiger partial charge is 0.139 e. The molecule has 1 aromatic carbocycles. The van der Waals surface area contributed by atoms with Crippen molar-refractivity contribution < 1.29 is 4.79 Å². The molecule has 0 N–H and O–H groups in total. The van der Waals surface area contributed by atoms with Gasteiger partial charge in [0.15, 0.2) is 0 Å². The monoisotopic (exact) mass is 220 g/mol. The molecule has 0 aliphatic rings. The lowest BCUT2D eigenvalue weighted by Crippen LogP contribution is -2.33. The highest BCUT2D eigenvalue weighted by Gasteiger charge is 2.05. The standard InChI is InChI=1S/C13H20N2O/c1-12-4-6-13(7-5-12)15(10-11-16)9-8-14(2)3/h4-7,11H,8-10H2,1-3H3. The molecule has 16 heavy (non-hydrogen) atoms. The molecular weight excluding hydrogens is 200 g/mol. The first kappa shape index (κ1) is 12.7. The minimum Gasteiger partial charge on any atom is -0.363 e. The van der Waals surface area contributed by atoms with E-state index in [0.717, 1.165) is 25.1 Å². The molecule has 1 rings (SSSR count). The molecule has 0 saturated heterocycles. The number of likely N-dealkylation sites (N-methyl/N-ethyl adjacent to an activating group) is 1. The van der Waals surface area contributed by atoms with Crippen LogP contribution in [0.15, 0.2) is 24.3 Å². The molecule has 0 atom stereocenters. The number of nitrogens with zero attached hydrogens (tertiary/aromatic N) is 2. The summed E-state index contributed by atoms with van der Waals surface area (Å²) in [4.78, 5) is 14.9. The Balaban J connectivity index is 2.68. The van der Waals surface area contributed by atoms with E-state index in [4.69, 9.17) is 0 Å². The van der Waals surface area contributed by atoms with Crippen LogP contribution >= 0.6 is 0 Å². The molecule has 0 saturated carbocycles. The lowest BCUT2D eigenvalue weighted by Gasteiger charge is -2.24. The van der Waals surface area contributed by atoms with Crippen molar-refractivity contribution in [3.05, 3.63) is 29.8 Å². The third-order valence-electron chi connectivity index (χ3n) is 2.51. The van der Waals surface area contributed by atoms with Crippen LogP contribution in [-0.4, -0.2) is 44.9 Å². The largest absolute Gasteiger partial charge is 0.363 e. The fraction of sp³-hybridized carbons (Fsp3) is 0.462. The molecule has 1 aromatic rings. The third-order valence-corrected chi connectivity index (χ3v) is 2.51. The number of hydrogen-bond acceptors (Lipinski definition) is 3. The number of aryl methyl sites for hydroxylation is 1. The van der Waals surface area contributed by atoms with E-state index in [1.165, 1.54) is 5.56 Å². The molecule has 88 valence electrons. The van der Waals surface area contributed by atoms with E-state index in [-0.39, 0.29) is 0 Å². The zero-order valence-corrected chi connectivity index (χ0v) is 10.3. The van der Waals surface area contributed by atoms with Gasteiger partial charge in [-0.3, -0.25) is 0 Å². The van der Waals surface area contributed by atoms with Crippen molar-refractivity contribution in [1.82, 2.24) is 4.90 Å². The molecule has 3 nitrogen and oxygen atoms in total. The summed E-state index contributed by atoms with van der Waals surface area (Å²) in [5.41, 5.74) is 2.35. The highest BCUT2D eigenvalue weighted by Crippen LogP contribution is 2.14. The van der Waals surface area contributed by atoms with Crippen molar-refractivity contribution >= 4 is 12.0 Å². The lowest BCUT2D eigenvalue weighted by atomic mass is 10.2. The Bertz CT molecular complexity index is 319. The Morgan fingerprint density at radius 3 is 2.25 bits per heavy atom. The van der Waals surface area contributed by atoms with Crippen molar-refractivity contribution in [3.63, 3.8) is 0 Å². The summed E-state index contributed by atoms with van der Waals surface area (Å²) in [7, 11) is 4.07. The van der Waals surface area contributed by atoms with Gasteiger partial charge in [0.1, 0.15) is 6.29 Å². The Morgan fingerprint density at radius 1 is 1.12 bits per heavy atom. The molecule has 0 spiro atoms. The molecule has 3 heteroatoms. The maximum absolute atomic E-state index is 10.6. The third kappa shape index (κ3) is 4.03. The second kappa shape index (κ2) is 6.28. The summed E-state index contributed by atoms with van der Waals surface area (Å²) in [5.74, 6) is 0. The topological polar surface area (TPSA) is 23.6 Å². The highest BCUT2D eigenvalue weighted by atomic mass is 16.1. The van der Waals surface area contributed by atoms with Crippen molar-refractivity contribution in [1.29, 1.82) is 0 Å². The van der Waals surface area contributed by atoms with E-state index < -0.39 is 0 Å². The molecule has 0 radical (unpaired) electrons. The Morgan fingerprint density at radius 2 is 1.75 bits per heavy atom. The van der Waals surface area contributed by atoms with E-state index in [0.29, 0.717) is 6.54 Å². The van der Waals surface area contributed by atoms with Crippen LogP contribution in [-0.2, 0) is 4.79 Å². The van der Waals surface area contributed by atoms with Crippen LogP contribution in [0.2, 0.25) is 0 Å². The van der Waals surface area contributed by atoms with Crippen LogP contribution in [0, 0.1) is 6.92 Å². The normalized spacial score (nSPS) is 10.5. The summed E-state index contributed by atoms with van der Waals surface area (Å²) in [6.45, 7) is 4.33. The molecular formula is C13H20N2O. The first-order valence-corrected chi connectivity index (χ1v) is 5.53. The number of anilines is 1. The molecule has 0 heterocycles. The van der Waals surface area contributed by atoms with Gasteiger partial charge in [-0.2, -0.15) is 0 Å². The molecule has 0 fully saturated rings. The van der Waals surface area contributed by atoms with Gasteiger partial charge in [-0.25, -0.2) is 0 Å². The van der Waals surface area contributed by atoms with Gasteiger partial charge >= 0.3 is 0 Å². The van der Waals surface area contributed by atoms with Crippen LogP contribution in [0.4, 0.5) is 5.69 Å². The minimum atomic E-state index is 0.455. The van der Waals surface area contributed by atoms with Crippen LogP contribution in [0.1, 0.15) is 5.56 Å². The van der Waals surface area contributed by atoms with Crippen LogP contribution in [0.3, 0.4) is 0 Å². The first-order valence-electron chi connectivity index (χ1n) is 5.53. The number of hydrogen-bond donors (Lipinski definition) is 0. The van der Waals surface area contributed by atoms with Gasteiger partial charge in [-0.15, -0.1) is 0 Å². The zero-order chi connectivity index (χ0) is 12.0. The summed E-state index contributed by atoms with van der Waals surface area (Å²) >= 11 is 0. The van der Waals surface area contributed by atoms with E-state index in [9.17, 15) is 4.79 Å². The Kier molecular flexibility index (Phi) is 4.99. The lowest BCUT2D eigenvalue weighted by molar-refractivity contribution is -0.106. The second-order valence-electron chi connectivity index (χ2n) is 4.25. The maximum atomic E-state index is 10.6. The predicted molar refractivity (Wildman–Crippen MR) is 68.0 cm³/mol. The number of rotatable bonds is 6. The van der Waals surface area contributed by atoms with Crippen molar-refractivity contribution in [2.45, 2.75) is 6.92 Å². The number of carbonyl (C=O) groups is 1. The van der Waals surface area contributed by atoms with E-state index in [1.807, 2.05) is 14.1 Å². The van der Waals surface area contributed by atoms with E-state index in [1.54, 1.807) is 0 Å². The molecule has 0 aliphatic heterocycles. The zero-order valence-electron chi connectivity index (χ0n) is 10.3. The van der Waals surface area contributed by atoms with Crippen LogP contribution in [0.25, 0.3) is 0 Å². The minimum absolute atomic E-state index is 0.455. The second-order valence-corrected chi connectivity index (χ2v) is 4.25. The Hall–Kier alpha value is -1.35. The van der Waals surface area contributed by atoms with Crippen molar-refractivity contribution in [2.24, 2.45) is 0 Å². The molecule has 0 amide bonds. The van der Waals surface area contributed by atoms with Gasteiger partial charge in [0.05, 0.1) is 6.54 Å². The van der Waals surface area contributed by atoms with Gasteiger partial charge in [-0.05, 0) is 33.2 Å². The molecule has 0 bridgehead atoms. The number of benzene rings is 1. The van der Waals surface area contributed by atoms with Gasteiger partial charge < -0.3 is 14.6 Å². The van der Waals surface area contributed by atoms with Crippen LogP contribution in [0.5, 0.6) is 0 Å². The first-order chi connectivity index (χ1) is 7.63. The highest BCUT2D eigenvalue weighted by molar-refractivity contribution is 5.61. The molecule has 0 aromatic heterocycles. The summed E-state index contributed by atoms with van der Waals surface area (Å²) < 4.78 is 0. The predicted octanol–water partition coefficient (Wildman–Crippen LogP) is 1.56. The maximum Gasteiger partial charge on any atom is 0.139 e. The number of aldehydes is 1. The molecule has 0 aliphatic carbocycles. The van der Waals surface area contributed by atoms with Crippen molar-refractivity contribution in [2.75, 3.05) is 38.6 Å². The van der Waals surface area contributed by atoms with Gasteiger partial charge in [-0.1, -0.05) is 17.7 Å². The summed E-state index contributed by atoms with van der Waals surface area (Å²) in [6.07, 6.45) is 0.954.